The first-order valence-electron chi connectivity index (χ1n) is 9.00. The number of nitrogens with zero attached hydrogens (tertiary/aromatic N) is 2. The zero-order valence-electron chi connectivity index (χ0n) is 13.7. The minimum Gasteiger partial charge on any atom is -0.341 e. The Kier molecular flexibility index (Phi) is 6.82. The molecule has 1 saturated carbocycles. The van der Waals surface area contributed by atoms with Crippen LogP contribution in [0.15, 0.2) is 0 Å². The molecule has 0 atom stereocenters. The predicted octanol–water partition coefficient (Wildman–Crippen LogP) is 2.95. The van der Waals surface area contributed by atoms with Crippen LogP contribution in [0.2, 0.25) is 0 Å². The summed E-state index contributed by atoms with van der Waals surface area (Å²) in [6.07, 6.45) is 7.20. The molecule has 3 rings (SSSR count). The lowest BCUT2D eigenvalue weighted by atomic mass is 10.0. The lowest BCUT2D eigenvalue weighted by Crippen LogP contribution is -2.42. The van der Waals surface area contributed by atoms with E-state index in [4.69, 9.17) is 0 Å². The number of hydrogen-bond donors (Lipinski definition) is 0. The van der Waals surface area contributed by atoms with Crippen molar-refractivity contribution in [3.05, 3.63) is 0 Å². The second kappa shape index (κ2) is 8.84. The number of hydrogen-bond acceptors (Lipinski definition) is 4. The molecule has 5 heteroatoms. The second-order valence-corrected chi connectivity index (χ2v) is 9.23. The molecule has 0 N–H and O–H groups in total. The molecule has 22 heavy (non-hydrogen) atoms. The average Bonchev–Trinajstić information content (AvgIpc) is 2.79. The van der Waals surface area contributed by atoms with E-state index in [1.807, 2.05) is 0 Å². The van der Waals surface area contributed by atoms with E-state index < -0.39 is 0 Å². The molecule has 0 aromatic rings. The van der Waals surface area contributed by atoms with E-state index >= 15 is 0 Å². The summed E-state index contributed by atoms with van der Waals surface area (Å²) in [5, 5.41) is 0. The van der Waals surface area contributed by atoms with Gasteiger partial charge in [-0.2, -0.15) is 23.5 Å². The Morgan fingerprint density at radius 3 is 2.36 bits per heavy atom. The molecule has 0 aromatic heterocycles. The Labute approximate surface area is 143 Å². The molecule has 0 unspecified atom stereocenters. The lowest BCUT2D eigenvalue weighted by molar-refractivity contribution is -0.132. The van der Waals surface area contributed by atoms with E-state index in [0.29, 0.717) is 11.8 Å². The minimum absolute atomic E-state index is 0.429. The first-order chi connectivity index (χ1) is 10.8. The smallest absolute Gasteiger partial charge is 0.222 e. The SMILES string of the molecule is O=C(CC1CCCC1)N1CCCN(C2CSCCSC2)CC1. The number of rotatable bonds is 3. The van der Waals surface area contributed by atoms with Crippen LogP contribution in [0.1, 0.15) is 38.5 Å². The van der Waals surface area contributed by atoms with Gasteiger partial charge in [-0.05, 0) is 25.2 Å². The maximum Gasteiger partial charge on any atom is 0.222 e. The van der Waals surface area contributed by atoms with Crippen molar-refractivity contribution in [2.24, 2.45) is 5.92 Å². The van der Waals surface area contributed by atoms with Gasteiger partial charge in [0.05, 0.1) is 0 Å². The van der Waals surface area contributed by atoms with Crippen LogP contribution in [0.5, 0.6) is 0 Å². The molecular formula is C17H30N2OS2. The van der Waals surface area contributed by atoms with Crippen LogP contribution in [0, 0.1) is 5.92 Å². The van der Waals surface area contributed by atoms with E-state index in [-0.39, 0.29) is 0 Å². The van der Waals surface area contributed by atoms with Crippen molar-refractivity contribution in [3.8, 4) is 0 Å². The van der Waals surface area contributed by atoms with Crippen molar-refractivity contribution >= 4 is 29.4 Å². The molecule has 3 nitrogen and oxygen atoms in total. The van der Waals surface area contributed by atoms with Gasteiger partial charge in [0.1, 0.15) is 0 Å². The highest BCUT2D eigenvalue weighted by molar-refractivity contribution is 8.03. The van der Waals surface area contributed by atoms with Crippen molar-refractivity contribution in [1.82, 2.24) is 9.80 Å². The standard InChI is InChI=1S/C17H30N2OS2/c20-17(12-15-4-1-2-5-15)19-7-3-6-18(8-9-19)16-13-21-10-11-22-14-16/h15-16H,1-14H2. The summed E-state index contributed by atoms with van der Waals surface area (Å²) >= 11 is 4.22. The number of carbonyl (C=O) groups is 1. The lowest BCUT2D eigenvalue weighted by Gasteiger charge is -2.29. The Morgan fingerprint density at radius 1 is 0.909 bits per heavy atom. The fraction of sp³-hybridized carbons (Fsp3) is 0.941. The highest BCUT2D eigenvalue weighted by atomic mass is 32.2. The average molecular weight is 343 g/mol. The Balaban J connectivity index is 1.47. The summed E-state index contributed by atoms with van der Waals surface area (Å²) in [7, 11) is 0. The fourth-order valence-corrected chi connectivity index (χ4v) is 6.58. The van der Waals surface area contributed by atoms with Crippen molar-refractivity contribution in [2.75, 3.05) is 49.2 Å². The summed E-state index contributed by atoms with van der Waals surface area (Å²) in [5.41, 5.74) is 0. The molecule has 1 aliphatic carbocycles. The van der Waals surface area contributed by atoms with Gasteiger partial charge in [-0.15, -0.1) is 0 Å². The van der Waals surface area contributed by atoms with Gasteiger partial charge in [-0.3, -0.25) is 9.69 Å². The van der Waals surface area contributed by atoms with E-state index in [2.05, 4.69) is 33.3 Å². The van der Waals surface area contributed by atoms with Crippen LogP contribution in [0.3, 0.4) is 0 Å². The van der Waals surface area contributed by atoms with Gasteiger partial charge in [0, 0.05) is 61.7 Å². The molecule has 0 aromatic carbocycles. The quantitative estimate of drug-likeness (QED) is 0.787. The van der Waals surface area contributed by atoms with Crippen LogP contribution in [-0.4, -0.2) is 70.9 Å². The fourth-order valence-electron chi connectivity index (χ4n) is 3.96. The zero-order chi connectivity index (χ0) is 15.2. The van der Waals surface area contributed by atoms with Crippen LogP contribution in [0.4, 0.5) is 0 Å². The van der Waals surface area contributed by atoms with Crippen molar-refractivity contribution in [2.45, 2.75) is 44.6 Å². The van der Waals surface area contributed by atoms with Gasteiger partial charge < -0.3 is 4.90 Å². The van der Waals surface area contributed by atoms with E-state index in [1.54, 1.807) is 0 Å². The summed E-state index contributed by atoms with van der Waals surface area (Å²) in [5.74, 6) is 6.29. The summed E-state index contributed by atoms with van der Waals surface area (Å²) in [6, 6.07) is 0.724. The monoisotopic (exact) mass is 342 g/mol. The largest absolute Gasteiger partial charge is 0.341 e. The Morgan fingerprint density at radius 2 is 1.64 bits per heavy atom. The molecule has 126 valence electrons. The number of amides is 1. The highest BCUT2D eigenvalue weighted by Crippen LogP contribution is 2.28. The van der Waals surface area contributed by atoms with Crippen LogP contribution >= 0.6 is 23.5 Å². The Hall–Kier alpha value is 0.130. The summed E-state index contributed by atoms with van der Waals surface area (Å²) < 4.78 is 0. The third-order valence-electron chi connectivity index (χ3n) is 5.33. The highest BCUT2D eigenvalue weighted by Gasteiger charge is 2.26. The van der Waals surface area contributed by atoms with Crippen molar-refractivity contribution in [3.63, 3.8) is 0 Å². The molecular weight excluding hydrogens is 312 g/mol. The van der Waals surface area contributed by atoms with Gasteiger partial charge in [0.15, 0.2) is 0 Å². The van der Waals surface area contributed by atoms with Crippen LogP contribution in [-0.2, 0) is 4.79 Å². The molecule has 0 bridgehead atoms. The first-order valence-corrected chi connectivity index (χ1v) is 11.3. The van der Waals surface area contributed by atoms with Crippen molar-refractivity contribution in [1.29, 1.82) is 0 Å². The number of thioether (sulfide) groups is 2. The molecule has 3 aliphatic rings. The number of carbonyl (C=O) groups excluding carboxylic acids is 1. The molecule has 2 aliphatic heterocycles. The molecule has 3 fully saturated rings. The maximum atomic E-state index is 12.5. The van der Waals surface area contributed by atoms with E-state index in [9.17, 15) is 4.79 Å². The summed E-state index contributed by atoms with van der Waals surface area (Å²) in [6.45, 7) is 4.20. The predicted molar refractivity (Wildman–Crippen MR) is 97.8 cm³/mol. The van der Waals surface area contributed by atoms with Gasteiger partial charge in [-0.1, -0.05) is 12.8 Å². The summed E-state index contributed by atoms with van der Waals surface area (Å²) in [4.78, 5) is 17.4. The molecule has 0 spiro atoms. The maximum absolute atomic E-state index is 12.5. The van der Waals surface area contributed by atoms with E-state index in [1.165, 1.54) is 55.2 Å². The molecule has 2 saturated heterocycles. The van der Waals surface area contributed by atoms with Gasteiger partial charge in [-0.25, -0.2) is 0 Å². The topological polar surface area (TPSA) is 23.6 Å². The van der Waals surface area contributed by atoms with Gasteiger partial charge >= 0.3 is 0 Å². The third kappa shape index (κ3) is 4.81. The molecule has 1 amide bonds. The molecule has 0 radical (unpaired) electrons. The molecule has 2 heterocycles. The van der Waals surface area contributed by atoms with Crippen LogP contribution in [0.25, 0.3) is 0 Å². The van der Waals surface area contributed by atoms with Crippen molar-refractivity contribution < 1.29 is 4.79 Å². The normalized spacial score (nSPS) is 26.8. The minimum atomic E-state index is 0.429. The van der Waals surface area contributed by atoms with Gasteiger partial charge in [0.25, 0.3) is 0 Å². The van der Waals surface area contributed by atoms with Crippen LogP contribution < -0.4 is 0 Å². The Bertz CT molecular complexity index is 353. The van der Waals surface area contributed by atoms with E-state index in [0.717, 1.165) is 38.5 Å². The second-order valence-electron chi connectivity index (χ2n) is 6.93. The first kappa shape index (κ1) is 17.0. The van der Waals surface area contributed by atoms with Gasteiger partial charge in [0.2, 0.25) is 5.91 Å². The third-order valence-corrected chi connectivity index (χ3v) is 7.82. The zero-order valence-corrected chi connectivity index (χ0v) is 15.3.